The molecule has 0 saturated heterocycles. The molecule has 2 rings (SSSR count). The van der Waals surface area contributed by atoms with Gasteiger partial charge in [-0.25, -0.2) is 0 Å². The van der Waals surface area contributed by atoms with Crippen molar-refractivity contribution in [2.75, 3.05) is 13.1 Å². The molecule has 2 heteroatoms. The van der Waals surface area contributed by atoms with Crippen LogP contribution in [0.25, 0.3) is 0 Å². The van der Waals surface area contributed by atoms with Gasteiger partial charge in [0, 0.05) is 12.1 Å². The molecule has 0 spiro atoms. The summed E-state index contributed by atoms with van der Waals surface area (Å²) in [5.74, 6) is 1.91. The Morgan fingerprint density at radius 2 is 1.09 bits per heavy atom. The van der Waals surface area contributed by atoms with E-state index in [1.807, 2.05) is 0 Å². The Morgan fingerprint density at radius 3 is 1.52 bits per heavy atom. The van der Waals surface area contributed by atoms with Gasteiger partial charge in [-0.15, -0.1) is 0 Å². The lowest BCUT2D eigenvalue weighted by atomic mass is 9.81. The standard InChI is InChI=1S/C21H42N2/c1-3-10-18-12-5-7-14-20(18)22-16-9-17-23-21-15-8-6-13-19(21)11-4-2/h18-23H,3-17H2,1-2H3. The van der Waals surface area contributed by atoms with Crippen LogP contribution in [0.15, 0.2) is 0 Å². The maximum absolute atomic E-state index is 3.89. The molecule has 0 radical (unpaired) electrons. The van der Waals surface area contributed by atoms with Crippen molar-refractivity contribution in [1.29, 1.82) is 0 Å². The van der Waals surface area contributed by atoms with Gasteiger partial charge in [0.05, 0.1) is 0 Å². The molecule has 2 N–H and O–H groups in total. The van der Waals surface area contributed by atoms with Crippen LogP contribution in [0.1, 0.15) is 97.3 Å². The third-order valence-electron chi connectivity index (χ3n) is 6.30. The molecule has 0 amide bonds. The molecule has 4 atom stereocenters. The molecular weight excluding hydrogens is 280 g/mol. The van der Waals surface area contributed by atoms with E-state index in [1.54, 1.807) is 0 Å². The van der Waals surface area contributed by atoms with Crippen LogP contribution in [0.4, 0.5) is 0 Å². The molecular formula is C21H42N2. The van der Waals surface area contributed by atoms with Gasteiger partial charge in [0.15, 0.2) is 0 Å². The minimum Gasteiger partial charge on any atom is -0.314 e. The Hall–Kier alpha value is -0.0800. The molecule has 0 bridgehead atoms. The fourth-order valence-electron chi connectivity index (χ4n) is 5.05. The second-order valence-electron chi connectivity index (χ2n) is 8.14. The molecule has 0 aromatic carbocycles. The second kappa shape index (κ2) is 11.5. The predicted molar refractivity (Wildman–Crippen MR) is 102 cm³/mol. The van der Waals surface area contributed by atoms with E-state index in [0.29, 0.717) is 0 Å². The van der Waals surface area contributed by atoms with Crippen molar-refractivity contribution in [2.45, 2.75) is 109 Å². The third kappa shape index (κ3) is 6.74. The fourth-order valence-corrected chi connectivity index (χ4v) is 5.05. The maximum atomic E-state index is 3.89. The fraction of sp³-hybridized carbons (Fsp3) is 1.00. The van der Waals surface area contributed by atoms with Crippen molar-refractivity contribution in [3.05, 3.63) is 0 Å². The molecule has 4 unspecified atom stereocenters. The first-order valence-electron chi connectivity index (χ1n) is 10.8. The molecule has 0 aromatic rings. The first kappa shape index (κ1) is 19.2. The summed E-state index contributed by atoms with van der Waals surface area (Å²) in [5.41, 5.74) is 0. The van der Waals surface area contributed by atoms with E-state index in [0.717, 1.165) is 23.9 Å². The second-order valence-corrected chi connectivity index (χ2v) is 8.14. The first-order chi connectivity index (χ1) is 11.3. The third-order valence-corrected chi connectivity index (χ3v) is 6.30. The monoisotopic (exact) mass is 322 g/mol. The topological polar surface area (TPSA) is 24.1 Å². The Kier molecular flexibility index (Phi) is 9.60. The van der Waals surface area contributed by atoms with Crippen LogP contribution in [-0.4, -0.2) is 25.2 Å². The van der Waals surface area contributed by atoms with Crippen LogP contribution in [0.3, 0.4) is 0 Å². The molecule has 2 aliphatic rings. The summed E-state index contributed by atoms with van der Waals surface area (Å²) in [6.45, 7) is 7.10. The smallest absolute Gasteiger partial charge is 0.00953 e. The molecule has 0 aromatic heterocycles. The summed E-state index contributed by atoms with van der Waals surface area (Å²) >= 11 is 0. The van der Waals surface area contributed by atoms with Gasteiger partial charge in [-0.05, 0) is 69.9 Å². The Bertz CT molecular complexity index is 260. The van der Waals surface area contributed by atoms with Gasteiger partial charge in [0.2, 0.25) is 0 Å². The van der Waals surface area contributed by atoms with Crippen molar-refractivity contribution in [1.82, 2.24) is 10.6 Å². The van der Waals surface area contributed by atoms with Crippen molar-refractivity contribution in [2.24, 2.45) is 11.8 Å². The summed E-state index contributed by atoms with van der Waals surface area (Å²) in [5, 5.41) is 7.78. The van der Waals surface area contributed by atoms with E-state index in [2.05, 4.69) is 24.5 Å². The van der Waals surface area contributed by atoms with Crippen molar-refractivity contribution in [3.8, 4) is 0 Å². The minimum absolute atomic E-state index is 0.811. The highest BCUT2D eigenvalue weighted by atomic mass is 14.9. The number of hydrogen-bond acceptors (Lipinski definition) is 2. The number of hydrogen-bond donors (Lipinski definition) is 2. The van der Waals surface area contributed by atoms with Gasteiger partial charge in [0.25, 0.3) is 0 Å². The highest BCUT2D eigenvalue weighted by molar-refractivity contribution is 4.82. The molecule has 2 saturated carbocycles. The lowest BCUT2D eigenvalue weighted by molar-refractivity contribution is 0.237. The highest BCUT2D eigenvalue weighted by Crippen LogP contribution is 2.29. The molecule has 2 aliphatic carbocycles. The van der Waals surface area contributed by atoms with E-state index in [1.165, 1.54) is 96.6 Å². The van der Waals surface area contributed by atoms with Gasteiger partial charge >= 0.3 is 0 Å². The van der Waals surface area contributed by atoms with Gasteiger partial charge < -0.3 is 10.6 Å². The van der Waals surface area contributed by atoms with Crippen molar-refractivity contribution >= 4 is 0 Å². The maximum Gasteiger partial charge on any atom is 0.00953 e. The average molecular weight is 323 g/mol. The first-order valence-corrected chi connectivity index (χ1v) is 10.8. The lowest BCUT2D eigenvalue weighted by Gasteiger charge is -2.33. The Morgan fingerprint density at radius 1 is 0.652 bits per heavy atom. The van der Waals surface area contributed by atoms with Crippen LogP contribution in [0, 0.1) is 11.8 Å². The number of rotatable bonds is 10. The van der Waals surface area contributed by atoms with Crippen molar-refractivity contribution < 1.29 is 0 Å². The normalized spacial score (nSPS) is 32.1. The van der Waals surface area contributed by atoms with E-state index >= 15 is 0 Å². The largest absolute Gasteiger partial charge is 0.314 e. The zero-order valence-electron chi connectivity index (χ0n) is 15.9. The van der Waals surface area contributed by atoms with Crippen LogP contribution in [0.2, 0.25) is 0 Å². The summed E-state index contributed by atoms with van der Waals surface area (Å²) in [7, 11) is 0. The quantitative estimate of drug-likeness (QED) is 0.535. The van der Waals surface area contributed by atoms with Gasteiger partial charge in [-0.3, -0.25) is 0 Å². The van der Waals surface area contributed by atoms with Gasteiger partial charge in [-0.2, -0.15) is 0 Å². The minimum atomic E-state index is 0.811. The van der Waals surface area contributed by atoms with E-state index in [4.69, 9.17) is 0 Å². The molecule has 0 heterocycles. The molecule has 0 aliphatic heterocycles. The molecule has 2 nitrogen and oxygen atoms in total. The Balaban J connectivity index is 1.59. The zero-order chi connectivity index (χ0) is 16.3. The summed E-state index contributed by atoms with van der Waals surface area (Å²) < 4.78 is 0. The van der Waals surface area contributed by atoms with Gasteiger partial charge in [0.1, 0.15) is 0 Å². The van der Waals surface area contributed by atoms with E-state index < -0.39 is 0 Å². The lowest BCUT2D eigenvalue weighted by Crippen LogP contribution is -2.42. The van der Waals surface area contributed by atoms with Gasteiger partial charge in [-0.1, -0.05) is 52.4 Å². The zero-order valence-corrected chi connectivity index (χ0v) is 15.9. The average Bonchev–Trinajstić information content (AvgIpc) is 2.58. The van der Waals surface area contributed by atoms with Crippen LogP contribution < -0.4 is 10.6 Å². The molecule has 2 fully saturated rings. The summed E-state index contributed by atoms with van der Waals surface area (Å²) in [4.78, 5) is 0. The SMILES string of the molecule is CCCC1CCCCC1NCCCNC1CCCCC1CCC. The van der Waals surface area contributed by atoms with Crippen LogP contribution in [0.5, 0.6) is 0 Å². The number of nitrogens with one attached hydrogen (secondary N) is 2. The molecule has 23 heavy (non-hydrogen) atoms. The summed E-state index contributed by atoms with van der Waals surface area (Å²) in [6, 6.07) is 1.62. The molecule has 136 valence electrons. The van der Waals surface area contributed by atoms with E-state index in [9.17, 15) is 0 Å². The predicted octanol–water partition coefficient (Wildman–Crippen LogP) is 5.27. The summed E-state index contributed by atoms with van der Waals surface area (Å²) in [6.07, 6.45) is 18.4. The Labute approximate surface area is 145 Å². The van der Waals surface area contributed by atoms with Crippen molar-refractivity contribution in [3.63, 3.8) is 0 Å². The van der Waals surface area contributed by atoms with E-state index in [-0.39, 0.29) is 0 Å². The van der Waals surface area contributed by atoms with Crippen LogP contribution >= 0.6 is 0 Å². The van der Waals surface area contributed by atoms with Crippen LogP contribution in [-0.2, 0) is 0 Å². The highest BCUT2D eigenvalue weighted by Gasteiger charge is 2.24.